The Morgan fingerprint density at radius 3 is 2.23 bits per heavy atom. The number of hydrogen-bond acceptors (Lipinski definition) is 4. The second-order valence-corrected chi connectivity index (χ2v) is 11.9. The van der Waals surface area contributed by atoms with Crippen molar-refractivity contribution in [1.82, 2.24) is 10.2 Å². The molecule has 214 valence electrons. The van der Waals surface area contributed by atoms with Crippen molar-refractivity contribution >= 4 is 50.7 Å². The minimum atomic E-state index is -4.25. The Labute approximate surface area is 244 Å². The first kappa shape index (κ1) is 31.4. The third kappa shape index (κ3) is 8.19. The van der Waals surface area contributed by atoms with Gasteiger partial charge in [-0.3, -0.25) is 13.9 Å². The summed E-state index contributed by atoms with van der Waals surface area (Å²) in [5.41, 5.74) is 0.766. The van der Waals surface area contributed by atoms with Crippen LogP contribution in [0.5, 0.6) is 0 Å². The minimum absolute atomic E-state index is 0.0246. The molecule has 1 atom stereocenters. The van der Waals surface area contributed by atoms with Crippen LogP contribution in [0.4, 0.5) is 10.1 Å². The van der Waals surface area contributed by atoms with Crippen molar-refractivity contribution in [2.24, 2.45) is 0 Å². The van der Waals surface area contributed by atoms with Gasteiger partial charge in [0.2, 0.25) is 11.8 Å². The summed E-state index contributed by atoms with van der Waals surface area (Å²) in [6.45, 7) is 3.59. The van der Waals surface area contributed by atoms with Gasteiger partial charge in [0.15, 0.2) is 0 Å². The number of benzene rings is 3. The van der Waals surface area contributed by atoms with E-state index in [9.17, 15) is 22.4 Å². The molecule has 2 amide bonds. The van der Waals surface area contributed by atoms with Gasteiger partial charge in [-0.15, -0.1) is 0 Å². The van der Waals surface area contributed by atoms with Crippen molar-refractivity contribution < 1.29 is 22.4 Å². The molecule has 0 aliphatic carbocycles. The SMILES string of the molecule is CCCCNC(=O)[C@H](CC)N(Cc1ccc(F)cc1)C(=O)CN(c1cccc(Cl)c1)S(=O)(=O)c1ccc(Cl)cc1. The van der Waals surface area contributed by atoms with Crippen molar-refractivity contribution in [3.63, 3.8) is 0 Å². The summed E-state index contributed by atoms with van der Waals surface area (Å²) in [4.78, 5) is 28.4. The molecule has 0 bridgehead atoms. The van der Waals surface area contributed by atoms with Crippen molar-refractivity contribution in [2.75, 3.05) is 17.4 Å². The number of carbonyl (C=O) groups excluding carboxylic acids is 2. The first-order valence-electron chi connectivity index (χ1n) is 12.9. The van der Waals surface area contributed by atoms with Crippen LogP contribution in [-0.2, 0) is 26.2 Å². The van der Waals surface area contributed by atoms with Gasteiger partial charge in [-0.25, -0.2) is 12.8 Å². The largest absolute Gasteiger partial charge is 0.354 e. The summed E-state index contributed by atoms with van der Waals surface area (Å²) < 4.78 is 42.2. The minimum Gasteiger partial charge on any atom is -0.354 e. The second kappa shape index (κ2) is 14.5. The number of amides is 2. The molecule has 0 unspecified atom stereocenters. The highest BCUT2D eigenvalue weighted by molar-refractivity contribution is 7.92. The fraction of sp³-hybridized carbons (Fsp3) is 0.310. The van der Waals surface area contributed by atoms with Gasteiger partial charge < -0.3 is 10.2 Å². The van der Waals surface area contributed by atoms with Crippen LogP contribution in [0, 0.1) is 5.82 Å². The number of hydrogen-bond donors (Lipinski definition) is 1. The van der Waals surface area contributed by atoms with Crippen molar-refractivity contribution in [2.45, 2.75) is 50.6 Å². The molecule has 3 aromatic rings. The fourth-order valence-electron chi connectivity index (χ4n) is 4.11. The van der Waals surface area contributed by atoms with Gasteiger partial charge in [0.25, 0.3) is 10.0 Å². The average Bonchev–Trinajstić information content (AvgIpc) is 2.93. The smallest absolute Gasteiger partial charge is 0.264 e. The monoisotopic (exact) mass is 607 g/mol. The number of halogens is 3. The number of unbranched alkanes of at least 4 members (excludes halogenated alkanes) is 1. The Bertz CT molecular complexity index is 1400. The molecular weight excluding hydrogens is 576 g/mol. The van der Waals surface area contributed by atoms with Crippen LogP contribution in [-0.4, -0.2) is 44.3 Å². The molecule has 0 spiro atoms. The lowest BCUT2D eigenvalue weighted by Crippen LogP contribution is -2.52. The standard InChI is InChI=1S/C29H32Cl2FN3O4S/c1-3-5-17-33-29(37)27(4-2)34(19-21-9-13-24(32)14-10-21)28(36)20-35(25-8-6-7-23(31)18-25)40(38,39)26-15-11-22(30)12-16-26/h6-16,18,27H,3-5,17,19-20H2,1-2H3,(H,33,37)/t27-/m0/s1. The predicted molar refractivity (Wildman–Crippen MR) is 156 cm³/mol. The van der Waals surface area contributed by atoms with Gasteiger partial charge in [-0.2, -0.15) is 0 Å². The zero-order valence-electron chi connectivity index (χ0n) is 22.3. The molecule has 7 nitrogen and oxygen atoms in total. The normalized spacial score (nSPS) is 12.0. The Morgan fingerprint density at radius 2 is 1.62 bits per heavy atom. The maximum atomic E-state index is 14.0. The number of sulfonamides is 1. The van der Waals surface area contributed by atoms with Crippen molar-refractivity contribution in [3.05, 3.63) is 94.2 Å². The lowest BCUT2D eigenvalue weighted by atomic mass is 10.1. The van der Waals surface area contributed by atoms with E-state index >= 15 is 0 Å². The van der Waals surface area contributed by atoms with E-state index in [1.807, 2.05) is 6.92 Å². The summed E-state index contributed by atoms with van der Waals surface area (Å²) in [5.74, 6) is -1.40. The first-order chi connectivity index (χ1) is 19.1. The maximum Gasteiger partial charge on any atom is 0.264 e. The Morgan fingerprint density at radius 1 is 0.950 bits per heavy atom. The van der Waals surface area contributed by atoms with Crippen LogP contribution in [0.1, 0.15) is 38.7 Å². The topological polar surface area (TPSA) is 86.8 Å². The Balaban J connectivity index is 2.03. The van der Waals surface area contributed by atoms with Crippen LogP contribution in [0.25, 0.3) is 0 Å². The number of nitrogens with one attached hydrogen (secondary N) is 1. The lowest BCUT2D eigenvalue weighted by molar-refractivity contribution is -0.140. The molecule has 40 heavy (non-hydrogen) atoms. The average molecular weight is 609 g/mol. The summed E-state index contributed by atoms with van der Waals surface area (Å²) in [6.07, 6.45) is 1.94. The van der Waals surface area contributed by atoms with Crippen LogP contribution >= 0.6 is 23.2 Å². The van der Waals surface area contributed by atoms with Crippen LogP contribution in [0.15, 0.2) is 77.7 Å². The zero-order valence-corrected chi connectivity index (χ0v) is 24.6. The lowest BCUT2D eigenvalue weighted by Gasteiger charge is -2.33. The molecule has 1 N–H and O–H groups in total. The van der Waals surface area contributed by atoms with Crippen molar-refractivity contribution in [3.8, 4) is 0 Å². The molecule has 0 aromatic heterocycles. The number of nitrogens with zero attached hydrogens (tertiary/aromatic N) is 2. The van der Waals surface area contributed by atoms with E-state index in [0.29, 0.717) is 17.1 Å². The molecule has 0 aliphatic rings. The molecule has 0 fully saturated rings. The second-order valence-electron chi connectivity index (χ2n) is 9.16. The summed E-state index contributed by atoms with van der Waals surface area (Å²) in [6, 6.07) is 16.5. The zero-order chi connectivity index (χ0) is 29.3. The van der Waals surface area contributed by atoms with Gasteiger partial charge in [0.1, 0.15) is 18.4 Å². The maximum absolute atomic E-state index is 14.0. The summed E-state index contributed by atoms with van der Waals surface area (Å²) >= 11 is 12.2. The van der Waals surface area contributed by atoms with Crippen LogP contribution < -0.4 is 9.62 Å². The molecule has 3 rings (SSSR count). The molecule has 0 radical (unpaired) electrons. The van der Waals surface area contributed by atoms with Gasteiger partial charge in [0, 0.05) is 23.1 Å². The van der Waals surface area contributed by atoms with E-state index in [0.717, 1.165) is 17.1 Å². The Kier molecular flexibility index (Phi) is 11.4. The molecule has 0 aliphatic heterocycles. The predicted octanol–water partition coefficient (Wildman–Crippen LogP) is 6.05. The highest BCUT2D eigenvalue weighted by Crippen LogP contribution is 2.27. The fourth-order valence-corrected chi connectivity index (χ4v) is 5.82. The molecular formula is C29H32Cl2FN3O4S. The van der Waals surface area contributed by atoms with Gasteiger partial charge in [-0.1, -0.05) is 61.7 Å². The van der Waals surface area contributed by atoms with E-state index in [4.69, 9.17) is 23.2 Å². The number of anilines is 1. The quantitative estimate of drug-likeness (QED) is 0.240. The van der Waals surface area contributed by atoms with Crippen LogP contribution in [0.2, 0.25) is 10.0 Å². The molecule has 0 saturated carbocycles. The molecule has 3 aromatic carbocycles. The van der Waals surface area contributed by atoms with E-state index < -0.39 is 34.3 Å². The molecule has 0 heterocycles. The third-order valence-electron chi connectivity index (χ3n) is 6.26. The molecule has 11 heteroatoms. The Hall–Kier alpha value is -3.14. The summed E-state index contributed by atoms with van der Waals surface area (Å²) in [7, 11) is -4.25. The first-order valence-corrected chi connectivity index (χ1v) is 15.1. The van der Waals surface area contributed by atoms with E-state index in [-0.39, 0.29) is 34.5 Å². The van der Waals surface area contributed by atoms with Crippen LogP contribution in [0.3, 0.4) is 0 Å². The highest BCUT2D eigenvalue weighted by atomic mass is 35.5. The van der Waals surface area contributed by atoms with Gasteiger partial charge in [-0.05, 0) is 73.0 Å². The third-order valence-corrected chi connectivity index (χ3v) is 8.53. The van der Waals surface area contributed by atoms with Gasteiger partial charge in [0.05, 0.1) is 10.6 Å². The van der Waals surface area contributed by atoms with E-state index in [1.165, 1.54) is 65.6 Å². The number of carbonyl (C=O) groups is 2. The number of rotatable bonds is 13. The summed E-state index contributed by atoms with van der Waals surface area (Å²) in [5, 5.41) is 3.50. The van der Waals surface area contributed by atoms with Gasteiger partial charge >= 0.3 is 0 Å². The molecule has 0 saturated heterocycles. The van der Waals surface area contributed by atoms with Crippen molar-refractivity contribution in [1.29, 1.82) is 0 Å². The van der Waals surface area contributed by atoms with E-state index in [1.54, 1.807) is 19.1 Å². The highest BCUT2D eigenvalue weighted by Gasteiger charge is 2.33. The van der Waals surface area contributed by atoms with E-state index in [2.05, 4.69) is 5.32 Å².